The van der Waals surface area contributed by atoms with Gasteiger partial charge in [0.1, 0.15) is 11.3 Å². The lowest BCUT2D eigenvalue weighted by atomic mass is 9.92. The Morgan fingerprint density at radius 2 is 1.70 bits per heavy atom. The topological polar surface area (TPSA) is 87.7 Å². The SMILES string of the molecule is COc1ccc([C@@]2(C)NC(=O)N(NC(=O)c3cc(Cl)cc(Cl)c3)C2=O)cc1. The maximum absolute atomic E-state index is 12.8. The molecular weight excluding hydrogens is 393 g/mol. The minimum absolute atomic E-state index is 0.117. The Hall–Kier alpha value is -2.77. The molecule has 2 aromatic carbocycles. The lowest BCUT2D eigenvalue weighted by molar-refractivity contribution is -0.132. The number of nitrogens with zero attached hydrogens (tertiary/aromatic N) is 1. The van der Waals surface area contributed by atoms with Crippen LogP contribution in [0.5, 0.6) is 5.75 Å². The Kier molecular flexibility index (Phi) is 4.99. The van der Waals surface area contributed by atoms with Crippen LogP contribution in [0.25, 0.3) is 0 Å². The van der Waals surface area contributed by atoms with Gasteiger partial charge in [-0.1, -0.05) is 35.3 Å². The summed E-state index contributed by atoms with van der Waals surface area (Å²) in [6, 6.07) is 10.2. The Labute approximate surface area is 165 Å². The molecule has 1 aliphatic rings. The van der Waals surface area contributed by atoms with E-state index >= 15 is 0 Å². The zero-order valence-electron chi connectivity index (χ0n) is 14.4. The molecule has 9 heteroatoms. The Balaban J connectivity index is 1.84. The van der Waals surface area contributed by atoms with E-state index in [2.05, 4.69) is 10.7 Å². The van der Waals surface area contributed by atoms with Gasteiger partial charge in [0, 0.05) is 15.6 Å². The summed E-state index contributed by atoms with van der Waals surface area (Å²) in [5.74, 6) is -0.705. The van der Waals surface area contributed by atoms with E-state index in [1.54, 1.807) is 31.2 Å². The van der Waals surface area contributed by atoms with Crippen molar-refractivity contribution in [2.75, 3.05) is 7.11 Å². The lowest BCUT2D eigenvalue weighted by Gasteiger charge is -2.22. The molecule has 2 aromatic rings. The summed E-state index contributed by atoms with van der Waals surface area (Å²) >= 11 is 11.8. The fraction of sp³-hybridized carbons (Fsp3) is 0.167. The number of hydrogen-bond donors (Lipinski definition) is 2. The van der Waals surface area contributed by atoms with E-state index in [-0.39, 0.29) is 15.6 Å². The van der Waals surface area contributed by atoms with Gasteiger partial charge in [-0.2, -0.15) is 5.01 Å². The Bertz CT molecular complexity index is 912. The molecule has 0 aromatic heterocycles. The van der Waals surface area contributed by atoms with E-state index in [4.69, 9.17) is 27.9 Å². The third kappa shape index (κ3) is 3.56. The Morgan fingerprint density at radius 1 is 1.11 bits per heavy atom. The van der Waals surface area contributed by atoms with Crippen LogP contribution in [-0.4, -0.2) is 30.0 Å². The van der Waals surface area contributed by atoms with Crippen molar-refractivity contribution in [3.63, 3.8) is 0 Å². The summed E-state index contributed by atoms with van der Waals surface area (Å²) in [5, 5.41) is 3.75. The van der Waals surface area contributed by atoms with Crippen molar-refractivity contribution in [3.8, 4) is 5.75 Å². The number of imide groups is 1. The normalized spacial score (nSPS) is 19.0. The number of ether oxygens (including phenoxy) is 1. The van der Waals surface area contributed by atoms with E-state index in [0.717, 1.165) is 0 Å². The van der Waals surface area contributed by atoms with Crippen LogP contribution >= 0.6 is 23.2 Å². The molecule has 1 atom stereocenters. The second kappa shape index (κ2) is 7.09. The van der Waals surface area contributed by atoms with Gasteiger partial charge in [0.2, 0.25) is 0 Å². The molecule has 1 heterocycles. The quantitative estimate of drug-likeness (QED) is 0.762. The summed E-state index contributed by atoms with van der Waals surface area (Å²) in [7, 11) is 1.53. The molecule has 3 rings (SSSR count). The van der Waals surface area contributed by atoms with Gasteiger partial charge in [0.05, 0.1) is 7.11 Å². The molecule has 0 saturated carbocycles. The second-order valence-corrected chi connectivity index (χ2v) is 6.90. The number of hydrazine groups is 1. The lowest BCUT2D eigenvalue weighted by Crippen LogP contribution is -2.47. The van der Waals surface area contributed by atoms with Crippen molar-refractivity contribution >= 4 is 41.0 Å². The summed E-state index contributed by atoms with van der Waals surface area (Å²) < 4.78 is 5.09. The van der Waals surface area contributed by atoms with E-state index < -0.39 is 23.4 Å². The van der Waals surface area contributed by atoms with E-state index in [9.17, 15) is 14.4 Å². The van der Waals surface area contributed by atoms with Crippen LogP contribution in [-0.2, 0) is 10.3 Å². The number of urea groups is 1. The van der Waals surface area contributed by atoms with E-state index in [0.29, 0.717) is 16.3 Å². The highest BCUT2D eigenvalue weighted by atomic mass is 35.5. The van der Waals surface area contributed by atoms with Crippen molar-refractivity contribution in [3.05, 3.63) is 63.6 Å². The number of halogens is 2. The molecule has 140 valence electrons. The first-order valence-corrected chi connectivity index (χ1v) is 8.58. The maximum Gasteiger partial charge on any atom is 0.344 e. The molecule has 0 radical (unpaired) electrons. The van der Waals surface area contributed by atoms with Gasteiger partial charge in [-0.05, 0) is 42.8 Å². The highest BCUT2D eigenvalue weighted by molar-refractivity contribution is 6.35. The zero-order valence-corrected chi connectivity index (χ0v) is 15.9. The number of benzene rings is 2. The van der Waals surface area contributed by atoms with Crippen LogP contribution in [0.2, 0.25) is 10.0 Å². The number of nitrogens with one attached hydrogen (secondary N) is 2. The van der Waals surface area contributed by atoms with Crippen molar-refractivity contribution in [2.45, 2.75) is 12.5 Å². The van der Waals surface area contributed by atoms with E-state index in [1.165, 1.54) is 25.3 Å². The number of rotatable bonds is 4. The molecule has 4 amide bonds. The highest BCUT2D eigenvalue weighted by Crippen LogP contribution is 2.29. The third-order valence-electron chi connectivity index (χ3n) is 4.20. The summed E-state index contributed by atoms with van der Waals surface area (Å²) in [5.41, 5.74) is 1.62. The van der Waals surface area contributed by atoms with Gasteiger partial charge in [0.25, 0.3) is 11.8 Å². The molecule has 0 bridgehead atoms. The predicted octanol–water partition coefficient (Wildman–Crippen LogP) is 3.11. The average Bonchev–Trinajstić information content (AvgIpc) is 2.85. The molecule has 0 aliphatic carbocycles. The Morgan fingerprint density at radius 3 is 2.26 bits per heavy atom. The van der Waals surface area contributed by atoms with E-state index in [1.807, 2.05) is 0 Å². The number of carbonyl (C=O) groups is 3. The monoisotopic (exact) mass is 407 g/mol. The molecular formula is C18H15Cl2N3O4. The maximum atomic E-state index is 12.8. The molecule has 1 saturated heterocycles. The molecule has 0 unspecified atom stereocenters. The first-order valence-electron chi connectivity index (χ1n) is 7.83. The molecule has 7 nitrogen and oxygen atoms in total. The number of methoxy groups -OCH3 is 1. The first kappa shape index (κ1) is 19.0. The van der Waals surface area contributed by atoms with Gasteiger partial charge in [-0.15, -0.1) is 0 Å². The average molecular weight is 408 g/mol. The van der Waals surface area contributed by atoms with Crippen LogP contribution < -0.4 is 15.5 Å². The van der Waals surface area contributed by atoms with Gasteiger partial charge in [0.15, 0.2) is 0 Å². The van der Waals surface area contributed by atoms with Gasteiger partial charge in [-0.25, -0.2) is 4.79 Å². The fourth-order valence-corrected chi connectivity index (χ4v) is 3.24. The summed E-state index contributed by atoms with van der Waals surface area (Å²) in [6.07, 6.45) is 0. The first-order chi connectivity index (χ1) is 12.7. The van der Waals surface area contributed by atoms with Gasteiger partial charge < -0.3 is 10.1 Å². The van der Waals surface area contributed by atoms with Crippen molar-refractivity contribution < 1.29 is 19.1 Å². The second-order valence-electron chi connectivity index (χ2n) is 6.02. The molecule has 1 aliphatic heterocycles. The fourth-order valence-electron chi connectivity index (χ4n) is 2.71. The van der Waals surface area contributed by atoms with Crippen molar-refractivity contribution in [2.24, 2.45) is 0 Å². The van der Waals surface area contributed by atoms with Gasteiger partial charge in [-0.3, -0.25) is 15.0 Å². The minimum atomic E-state index is -1.33. The zero-order chi connectivity index (χ0) is 19.8. The minimum Gasteiger partial charge on any atom is -0.497 e. The largest absolute Gasteiger partial charge is 0.497 e. The molecule has 0 spiro atoms. The van der Waals surface area contributed by atoms with Crippen molar-refractivity contribution in [1.29, 1.82) is 0 Å². The van der Waals surface area contributed by atoms with Crippen LogP contribution in [0.3, 0.4) is 0 Å². The highest BCUT2D eigenvalue weighted by Gasteiger charge is 2.50. The summed E-state index contributed by atoms with van der Waals surface area (Å²) in [6.45, 7) is 1.55. The predicted molar refractivity (Wildman–Crippen MR) is 99.7 cm³/mol. The third-order valence-corrected chi connectivity index (χ3v) is 4.63. The van der Waals surface area contributed by atoms with Crippen LogP contribution in [0.1, 0.15) is 22.8 Å². The molecule has 2 N–H and O–H groups in total. The van der Waals surface area contributed by atoms with Crippen molar-refractivity contribution in [1.82, 2.24) is 15.8 Å². The summed E-state index contributed by atoms with van der Waals surface area (Å²) in [4.78, 5) is 37.5. The number of carbonyl (C=O) groups excluding carboxylic acids is 3. The smallest absolute Gasteiger partial charge is 0.344 e. The van der Waals surface area contributed by atoms with Gasteiger partial charge >= 0.3 is 6.03 Å². The standard InChI is InChI=1S/C18H15Cl2N3O4/c1-18(11-3-5-14(27-2)6-4-11)16(25)23(17(26)21-18)22-15(24)10-7-12(19)9-13(20)8-10/h3-9H,1-2H3,(H,21,26)(H,22,24)/t18-/m1/s1. The van der Waals surface area contributed by atoms with Crippen LogP contribution in [0.15, 0.2) is 42.5 Å². The molecule has 27 heavy (non-hydrogen) atoms. The van der Waals surface area contributed by atoms with Crippen LogP contribution in [0.4, 0.5) is 4.79 Å². The number of hydrogen-bond acceptors (Lipinski definition) is 4. The molecule has 1 fully saturated rings. The number of amides is 4. The van der Waals surface area contributed by atoms with Crippen LogP contribution in [0, 0.1) is 0 Å².